The Bertz CT molecular complexity index is 894. The molecule has 0 atom stereocenters. The van der Waals surface area contributed by atoms with Gasteiger partial charge in [-0.3, -0.25) is 14.9 Å². The van der Waals surface area contributed by atoms with Gasteiger partial charge in [-0.2, -0.15) is 0 Å². The number of amides is 2. The van der Waals surface area contributed by atoms with E-state index in [2.05, 4.69) is 15.6 Å². The molecule has 0 spiro atoms. The first-order valence-electron chi connectivity index (χ1n) is 7.42. The van der Waals surface area contributed by atoms with E-state index in [1.165, 1.54) is 24.3 Å². The van der Waals surface area contributed by atoms with Gasteiger partial charge in [0.15, 0.2) is 10.9 Å². The Kier molecular flexibility index (Phi) is 5.42. The summed E-state index contributed by atoms with van der Waals surface area (Å²) in [5, 5.41) is 9.65. The van der Waals surface area contributed by atoms with Crippen LogP contribution in [0.3, 0.4) is 0 Å². The minimum atomic E-state index is -0.236. The van der Waals surface area contributed by atoms with E-state index in [0.29, 0.717) is 28.9 Å². The van der Waals surface area contributed by atoms with Gasteiger partial charge in [-0.05, 0) is 29.7 Å². The SMILES string of the molecule is CC(=O)NCc1ccc(-c2csc(NC(=O)/C=C/c3cccs3)n2)o1. The van der Waals surface area contributed by atoms with Crippen LogP contribution in [0.15, 0.2) is 45.5 Å². The second-order valence-electron chi connectivity index (χ2n) is 5.05. The Morgan fingerprint density at radius 1 is 1.28 bits per heavy atom. The van der Waals surface area contributed by atoms with Crippen LogP contribution < -0.4 is 10.6 Å². The zero-order valence-electron chi connectivity index (χ0n) is 13.3. The van der Waals surface area contributed by atoms with Gasteiger partial charge < -0.3 is 9.73 Å². The average molecular weight is 373 g/mol. The monoisotopic (exact) mass is 373 g/mol. The summed E-state index contributed by atoms with van der Waals surface area (Å²) in [6.45, 7) is 1.78. The maximum absolute atomic E-state index is 11.9. The van der Waals surface area contributed by atoms with Gasteiger partial charge >= 0.3 is 0 Å². The summed E-state index contributed by atoms with van der Waals surface area (Å²) in [7, 11) is 0. The summed E-state index contributed by atoms with van der Waals surface area (Å²) >= 11 is 2.88. The zero-order valence-corrected chi connectivity index (χ0v) is 14.9. The van der Waals surface area contributed by atoms with Gasteiger partial charge in [0.25, 0.3) is 0 Å². The van der Waals surface area contributed by atoms with Crippen molar-refractivity contribution in [3.63, 3.8) is 0 Å². The standard InChI is InChI=1S/C17H15N3O3S2/c1-11(21)18-9-12-4-6-15(23-12)14-10-25-17(19-14)20-16(22)7-5-13-3-2-8-24-13/h2-8,10H,9H2,1H3,(H,18,21)(H,19,20,22)/b7-5+. The molecule has 3 aromatic heterocycles. The maximum atomic E-state index is 11.9. The van der Waals surface area contributed by atoms with Gasteiger partial charge in [-0.15, -0.1) is 22.7 Å². The Labute approximate surface area is 152 Å². The molecule has 6 nitrogen and oxygen atoms in total. The van der Waals surface area contributed by atoms with Crippen molar-refractivity contribution in [3.8, 4) is 11.5 Å². The van der Waals surface area contributed by atoms with Gasteiger partial charge in [0, 0.05) is 23.3 Å². The number of furan rings is 1. The van der Waals surface area contributed by atoms with Crippen molar-refractivity contribution in [2.24, 2.45) is 0 Å². The van der Waals surface area contributed by atoms with Crippen molar-refractivity contribution in [3.05, 3.63) is 51.7 Å². The summed E-state index contributed by atoms with van der Waals surface area (Å²) in [5.74, 6) is 0.876. The van der Waals surface area contributed by atoms with Crippen molar-refractivity contribution in [1.82, 2.24) is 10.3 Å². The maximum Gasteiger partial charge on any atom is 0.250 e. The van der Waals surface area contributed by atoms with Crippen LogP contribution >= 0.6 is 22.7 Å². The third-order valence-electron chi connectivity index (χ3n) is 3.10. The average Bonchev–Trinajstić information content (AvgIpc) is 3.32. The van der Waals surface area contributed by atoms with Crippen LogP contribution in [0.1, 0.15) is 17.6 Å². The Morgan fingerprint density at radius 2 is 2.16 bits per heavy atom. The number of carbonyl (C=O) groups is 2. The predicted molar refractivity (Wildman–Crippen MR) is 99.3 cm³/mol. The van der Waals surface area contributed by atoms with Crippen LogP contribution in [0.4, 0.5) is 5.13 Å². The van der Waals surface area contributed by atoms with Crippen LogP contribution in [0.5, 0.6) is 0 Å². The third kappa shape index (κ3) is 4.88. The smallest absolute Gasteiger partial charge is 0.250 e. The molecule has 0 aliphatic heterocycles. The molecule has 0 radical (unpaired) electrons. The fraction of sp³-hybridized carbons (Fsp3) is 0.118. The largest absolute Gasteiger partial charge is 0.458 e. The molecule has 0 aromatic carbocycles. The van der Waals surface area contributed by atoms with E-state index in [1.807, 2.05) is 17.5 Å². The number of nitrogens with one attached hydrogen (secondary N) is 2. The van der Waals surface area contributed by atoms with E-state index in [1.54, 1.807) is 34.9 Å². The molecule has 0 aliphatic carbocycles. The van der Waals surface area contributed by atoms with Crippen molar-refractivity contribution in [2.75, 3.05) is 5.32 Å². The summed E-state index contributed by atoms with van der Waals surface area (Å²) in [4.78, 5) is 28.2. The number of thiophene rings is 1. The summed E-state index contributed by atoms with van der Waals surface area (Å²) in [6, 6.07) is 7.44. The second-order valence-corrected chi connectivity index (χ2v) is 6.89. The van der Waals surface area contributed by atoms with E-state index in [-0.39, 0.29) is 11.8 Å². The number of carbonyl (C=O) groups excluding carboxylic acids is 2. The molecule has 128 valence electrons. The molecule has 8 heteroatoms. The lowest BCUT2D eigenvalue weighted by molar-refractivity contribution is -0.119. The highest BCUT2D eigenvalue weighted by Crippen LogP contribution is 2.26. The van der Waals surface area contributed by atoms with Gasteiger partial charge in [0.05, 0.1) is 6.54 Å². The first kappa shape index (κ1) is 17.1. The van der Waals surface area contributed by atoms with Gasteiger partial charge in [0.2, 0.25) is 11.8 Å². The number of aromatic nitrogens is 1. The molecule has 2 N–H and O–H groups in total. The highest BCUT2D eigenvalue weighted by Gasteiger charge is 2.10. The Morgan fingerprint density at radius 3 is 2.92 bits per heavy atom. The normalized spacial score (nSPS) is 10.9. The van der Waals surface area contributed by atoms with E-state index in [9.17, 15) is 9.59 Å². The molecule has 0 bridgehead atoms. The van der Waals surface area contributed by atoms with Crippen molar-refractivity contribution in [1.29, 1.82) is 0 Å². The van der Waals surface area contributed by atoms with Crippen LogP contribution in [-0.4, -0.2) is 16.8 Å². The van der Waals surface area contributed by atoms with Crippen LogP contribution in [0.25, 0.3) is 17.5 Å². The number of anilines is 1. The van der Waals surface area contributed by atoms with Gasteiger partial charge in [-0.1, -0.05) is 6.07 Å². The molecule has 2 amide bonds. The fourth-order valence-electron chi connectivity index (χ4n) is 1.96. The molecular formula is C17H15N3O3S2. The van der Waals surface area contributed by atoms with Crippen LogP contribution in [0, 0.1) is 0 Å². The molecule has 0 saturated carbocycles. The van der Waals surface area contributed by atoms with Crippen LogP contribution in [0.2, 0.25) is 0 Å². The lowest BCUT2D eigenvalue weighted by atomic mass is 10.3. The molecule has 0 unspecified atom stereocenters. The molecule has 3 aromatic rings. The first-order chi connectivity index (χ1) is 12.1. The molecule has 0 saturated heterocycles. The van der Waals surface area contributed by atoms with E-state index in [0.717, 1.165) is 4.88 Å². The highest BCUT2D eigenvalue weighted by molar-refractivity contribution is 7.14. The summed E-state index contributed by atoms with van der Waals surface area (Å²) in [6.07, 6.45) is 3.24. The predicted octanol–water partition coefficient (Wildman–Crippen LogP) is 3.75. The van der Waals surface area contributed by atoms with Crippen molar-refractivity contribution >= 4 is 45.7 Å². The highest BCUT2D eigenvalue weighted by atomic mass is 32.1. The molecular weight excluding hydrogens is 358 g/mol. The molecule has 3 rings (SSSR count). The van der Waals surface area contributed by atoms with Gasteiger partial charge in [0.1, 0.15) is 11.5 Å². The minimum Gasteiger partial charge on any atom is -0.458 e. The summed E-state index contributed by atoms with van der Waals surface area (Å²) in [5.41, 5.74) is 0.636. The fourth-order valence-corrected chi connectivity index (χ4v) is 3.28. The Hall–Kier alpha value is -2.71. The number of rotatable bonds is 6. The lowest BCUT2D eigenvalue weighted by Gasteiger charge is -1.97. The van der Waals surface area contributed by atoms with Crippen LogP contribution in [-0.2, 0) is 16.1 Å². The molecule has 0 aliphatic rings. The zero-order chi connectivity index (χ0) is 17.6. The van der Waals surface area contributed by atoms with Gasteiger partial charge in [-0.25, -0.2) is 4.98 Å². The number of hydrogen-bond donors (Lipinski definition) is 2. The molecule has 25 heavy (non-hydrogen) atoms. The second kappa shape index (κ2) is 7.91. The lowest BCUT2D eigenvalue weighted by Crippen LogP contribution is -2.18. The van der Waals surface area contributed by atoms with E-state index >= 15 is 0 Å². The number of hydrogen-bond acceptors (Lipinski definition) is 6. The molecule has 3 heterocycles. The first-order valence-corrected chi connectivity index (χ1v) is 9.18. The number of nitrogens with zero attached hydrogens (tertiary/aromatic N) is 1. The Balaban J connectivity index is 1.60. The summed E-state index contributed by atoms with van der Waals surface area (Å²) < 4.78 is 5.64. The van der Waals surface area contributed by atoms with Crippen molar-refractivity contribution < 1.29 is 14.0 Å². The topological polar surface area (TPSA) is 84.2 Å². The number of thiazole rings is 1. The third-order valence-corrected chi connectivity index (χ3v) is 4.70. The van der Waals surface area contributed by atoms with E-state index in [4.69, 9.17) is 4.42 Å². The van der Waals surface area contributed by atoms with E-state index < -0.39 is 0 Å². The minimum absolute atomic E-state index is 0.118. The van der Waals surface area contributed by atoms with Crippen molar-refractivity contribution in [2.45, 2.75) is 13.5 Å². The quantitative estimate of drug-likeness (QED) is 0.645. The molecule has 0 fully saturated rings.